The number of rotatable bonds is 4. The van der Waals surface area contributed by atoms with Gasteiger partial charge in [0.05, 0.1) is 17.4 Å². The Labute approximate surface area is 255 Å². The van der Waals surface area contributed by atoms with E-state index in [-0.39, 0.29) is 47.9 Å². The van der Waals surface area contributed by atoms with Crippen LogP contribution in [0.4, 0.5) is 11.4 Å². The van der Waals surface area contributed by atoms with Crippen molar-refractivity contribution in [3.63, 3.8) is 0 Å². The second kappa shape index (κ2) is 11.1. The molecule has 0 saturated heterocycles. The summed E-state index contributed by atoms with van der Waals surface area (Å²) in [5.41, 5.74) is 17.2. The number of amides is 3. The minimum absolute atomic E-state index is 0.0637. The van der Waals surface area contributed by atoms with Crippen LogP contribution in [0.15, 0.2) is 36.4 Å². The number of fused-ring (bicyclic) bond motifs is 6. The maximum absolute atomic E-state index is 14.3. The number of nitrogen functional groups attached to an aromatic ring is 1. The predicted octanol–water partition coefficient (Wildman–Crippen LogP) is 5.67. The number of hydrogen-bond acceptors (Lipinski definition) is 5. The molecule has 0 heterocycles. The number of benzene rings is 2. The predicted molar refractivity (Wildman–Crippen MR) is 170 cm³/mol. The summed E-state index contributed by atoms with van der Waals surface area (Å²) in [4.78, 5) is 40.5. The van der Waals surface area contributed by atoms with E-state index in [4.69, 9.17) is 11.5 Å². The summed E-state index contributed by atoms with van der Waals surface area (Å²) in [5.74, 6) is 1.17. The maximum atomic E-state index is 14.3. The third-order valence-corrected chi connectivity index (χ3v) is 12.2. The number of imide groups is 1. The Kier molecular flexibility index (Phi) is 7.68. The van der Waals surface area contributed by atoms with Crippen molar-refractivity contribution in [1.29, 1.82) is 0 Å². The van der Waals surface area contributed by atoms with Gasteiger partial charge in [-0.15, -0.1) is 0 Å². The first-order chi connectivity index (χ1) is 20.5. The molecule has 0 unspecified atom stereocenters. The number of anilines is 2. The number of aryl methyl sites for hydroxylation is 2. The lowest BCUT2D eigenvalue weighted by atomic mass is 9.52. The van der Waals surface area contributed by atoms with Crippen LogP contribution in [0.25, 0.3) is 0 Å². The van der Waals surface area contributed by atoms with Gasteiger partial charge in [-0.1, -0.05) is 39.8 Å². The van der Waals surface area contributed by atoms with Crippen molar-refractivity contribution in [1.82, 2.24) is 5.32 Å². The van der Waals surface area contributed by atoms with Gasteiger partial charge in [-0.3, -0.25) is 19.7 Å². The lowest BCUT2D eigenvalue weighted by molar-refractivity contribution is -0.149. The quantitative estimate of drug-likeness (QED) is 0.272. The molecular formula is C36H48N4O3. The molecule has 2 aromatic rings. The summed E-state index contributed by atoms with van der Waals surface area (Å²) in [6.45, 7) is 8.69. The molecule has 2 fully saturated rings. The van der Waals surface area contributed by atoms with Crippen LogP contribution < -0.4 is 22.1 Å². The molecule has 0 radical (unpaired) electrons. The Balaban J connectivity index is 1.25. The Bertz CT molecular complexity index is 1450. The Morgan fingerprint density at radius 3 is 1.84 bits per heavy atom. The van der Waals surface area contributed by atoms with E-state index in [9.17, 15) is 14.4 Å². The molecule has 7 heteroatoms. The number of carbonyl (C=O) groups excluding carboxylic acids is 3. The van der Waals surface area contributed by atoms with Gasteiger partial charge in [0.2, 0.25) is 17.7 Å². The SMILES string of the molecule is C[C@H]1CC[C@](C)(C(=O)NC(=O)[C@@]2(C)CC[C@H](C)[C@@H]3c4cc(NC(=O)CN)ccc4CC[C@H]32)[C@@H]2CCc3ccc(N)cc3[C@H]21. The maximum Gasteiger partial charge on any atom is 0.238 e. The average Bonchev–Trinajstić information content (AvgIpc) is 2.99. The van der Waals surface area contributed by atoms with Crippen LogP contribution in [-0.4, -0.2) is 24.3 Å². The molecule has 4 aliphatic rings. The van der Waals surface area contributed by atoms with Crippen molar-refractivity contribution in [2.75, 3.05) is 17.6 Å². The van der Waals surface area contributed by atoms with Gasteiger partial charge in [-0.25, -0.2) is 0 Å². The zero-order valence-electron chi connectivity index (χ0n) is 26.2. The van der Waals surface area contributed by atoms with Crippen molar-refractivity contribution in [2.45, 2.75) is 90.9 Å². The molecular weight excluding hydrogens is 536 g/mol. The van der Waals surface area contributed by atoms with Gasteiger partial charge in [0.25, 0.3) is 0 Å². The van der Waals surface area contributed by atoms with Crippen LogP contribution in [-0.2, 0) is 27.2 Å². The van der Waals surface area contributed by atoms with Crippen molar-refractivity contribution >= 4 is 29.1 Å². The summed E-state index contributed by atoms with van der Waals surface area (Å²) in [6.07, 6.45) is 7.09. The number of carbonyl (C=O) groups is 3. The zero-order chi connectivity index (χ0) is 30.7. The van der Waals surface area contributed by atoms with E-state index in [1.165, 1.54) is 22.3 Å². The standard InChI is InChI=1S/C36H48N4O3/c1-20-13-15-35(3,28-11-7-22-5-9-24(38)17-26(22)31(20)28)33(42)40-34(43)36(4)16-14-21(2)32-27-18-25(39-30(41)19-37)10-6-23(27)8-12-29(32)36/h5-6,9-10,17-18,20-21,28-29,31-32H,7-8,11-16,19,37-38H2,1-4H3,(H,39,41)(H,40,42,43)/t20-,21-,28+,29+,31+,32+,35-,36-/m0/s1. The van der Waals surface area contributed by atoms with Gasteiger partial charge in [0, 0.05) is 11.4 Å². The van der Waals surface area contributed by atoms with Crippen molar-refractivity contribution in [3.05, 3.63) is 58.7 Å². The molecule has 7 nitrogen and oxygen atoms in total. The van der Waals surface area contributed by atoms with Crippen LogP contribution in [0.3, 0.4) is 0 Å². The van der Waals surface area contributed by atoms with Gasteiger partial charge >= 0.3 is 0 Å². The topological polar surface area (TPSA) is 127 Å². The minimum atomic E-state index is -0.646. The first-order valence-electron chi connectivity index (χ1n) is 16.3. The molecule has 230 valence electrons. The van der Waals surface area contributed by atoms with Crippen LogP contribution in [0.5, 0.6) is 0 Å². The van der Waals surface area contributed by atoms with E-state index >= 15 is 0 Å². The van der Waals surface area contributed by atoms with E-state index in [0.717, 1.165) is 62.7 Å². The lowest BCUT2D eigenvalue weighted by Gasteiger charge is -2.52. The van der Waals surface area contributed by atoms with Crippen LogP contribution in [0.1, 0.15) is 100 Å². The van der Waals surface area contributed by atoms with Gasteiger partial charge in [-0.2, -0.15) is 0 Å². The first kappa shape index (κ1) is 29.9. The molecule has 6 rings (SSSR count). The zero-order valence-corrected chi connectivity index (χ0v) is 26.2. The van der Waals surface area contributed by atoms with Crippen molar-refractivity contribution in [3.8, 4) is 0 Å². The molecule has 2 aromatic carbocycles. The molecule has 3 amide bonds. The van der Waals surface area contributed by atoms with Gasteiger partial charge in [-0.05, 0) is 133 Å². The molecule has 4 aliphatic carbocycles. The highest BCUT2D eigenvalue weighted by Gasteiger charge is 2.55. The van der Waals surface area contributed by atoms with E-state index in [0.29, 0.717) is 11.8 Å². The summed E-state index contributed by atoms with van der Waals surface area (Å²) >= 11 is 0. The van der Waals surface area contributed by atoms with E-state index in [2.05, 4.69) is 62.6 Å². The lowest BCUT2D eigenvalue weighted by Crippen LogP contribution is -2.57. The van der Waals surface area contributed by atoms with Gasteiger partial charge in [0.1, 0.15) is 0 Å². The molecule has 0 aliphatic heterocycles. The smallest absolute Gasteiger partial charge is 0.238 e. The van der Waals surface area contributed by atoms with Crippen molar-refractivity contribution < 1.29 is 14.4 Å². The van der Waals surface area contributed by atoms with E-state index in [1.807, 2.05) is 12.1 Å². The summed E-state index contributed by atoms with van der Waals surface area (Å²) < 4.78 is 0. The highest BCUT2D eigenvalue weighted by atomic mass is 16.2. The summed E-state index contributed by atoms with van der Waals surface area (Å²) in [6, 6.07) is 12.4. The van der Waals surface area contributed by atoms with E-state index in [1.54, 1.807) is 0 Å². The molecule has 0 bridgehead atoms. The second-order valence-electron chi connectivity index (χ2n) is 14.6. The monoisotopic (exact) mass is 584 g/mol. The molecule has 6 N–H and O–H groups in total. The number of hydrogen-bond donors (Lipinski definition) is 4. The van der Waals surface area contributed by atoms with E-state index < -0.39 is 10.8 Å². The molecule has 43 heavy (non-hydrogen) atoms. The minimum Gasteiger partial charge on any atom is -0.399 e. The highest BCUT2D eigenvalue weighted by Crippen LogP contribution is 2.58. The van der Waals surface area contributed by atoms with Crippen LogP contribution in [0, 0.1) is 34.5 Å². The largest absolute Gasteiger partial charge is 0.399 e. The Morgan fingerprint density at radius 2 is 1.30 bits per heavy atom. The summed E-state index contributed by atoms with van der Waals surface area (Å²) in [7, 11) is 0. The summed E-state index contributed by atoms with van der Waals surface area (Å²) in [5, 5.41) is 5.93. The van der Waals surface area contributed by atoms with Crippen LogP contribution >= 0.6 is 0 Å². The molecule has 8 atom stereocenters. The average molecular weight is 585 g/mol. The van der Waals surface area contributed by atoms with Crippen molar-refractivity contribution in [2.24, 2.45) is 40.2 Å². The first-order valence-corrected chi connectivity index (χ1v) is 16.3. The van der Waals surface area contributed by atoms with Crippen LogP contribution in [0.2, 0.25) is 0 Å². The normalized spacial score (nSPS) is 34.5. The molecule has 0 spiro atoms. The fourth-order valence-corrected chi connectivity index (χ4v) is 9.56. The molecule has 0 aromatic heterocycles. The van der Waals surface area contributed by atoms with Gasteiger partial charge in [0.15, 0.2) is 0 Å². The van der Waals surface area contributed by atoms with Gasteiger partial charge < -0.3 is 16.8 Å². The molecule has 2 saturated carbocycles. The Hall–Kier alpha value is -3.19. The third kappa shape index (κ3) is 4.98. The number of nitrogens with two attached hydrogens (primary N) is 2. The number of nitrogens with one attached hydrogen (secondary N) is 2. The highest BCUT2D eigenvalue weighted by molar-refractivity contribution is 6.00. The fraction of sp³-hybridized carbons (Fsp3) is 0.583. The second-order valence-corrected chi connectivity index (χ2v) is 14.6. The third-order valence-electron chi connectivity index (χ3n) is 12.2. The fourth-order valence-electron chi connectivity index (χ4n) is 9.56. The Morgan fingerprint density at radius 1 is 0.791 bits per heavy atom.